The van der Waals surface area contributed by atoms with Crippen LogP contribution in [0.4, 0.5) is 0 Å². The predicted molar refractivity (Wildman–Crippen MR) is 224 cm³/mol. The van der Waals surface area contributed by atoms with Crippen molar-refractivity contribution >= 4 is 65.4 Å². The van der Waals surface area contributed by atoms with Crippen LogP contribution in [0.25, 0.3) is 93.6 Å². The molecule has 0 atom stereocenters. The molecule has 0 fully saturated rings. The van der Waals surface area contributed by atoms with E-state index in [1.807, 2.05) is 24.3 Å². The lowest BCUT2D eigenvalue weighted by atomic mass is 9.97. The summed E-state index contributed by atoms with van der Waals surface area (Å²) >= 11 is 0. The van der Waals surface area contributed by atoms with Crippen molar-refractivity contribution in [1.82, 2.24) is 13.7 Å². The first kappa shape index (κ1) is 30.7. The van der Waals surface area contributed by atoms with E-state index in [0.717, 1.165) is 82.8 Å². The van der Waals surface area contributed by atoms with E-state index in [9.17, 15) is 10.5 Å². The first-order chi connectivity index (χ1) is 27.2. The van der Waals surface area contributed by atoms with Crippen molar-refractivity contribution in [3.8, 4) is 40.3 Å². The predicted octanol–water partition coefficient (Wildman–Crippen LogP) is 12.4. The Balaban J connectivity index is 1.15. The molecule has 5 nitrogen and oxygen atoms in total. The molecule has 0 aliphatic carbocycles. The number of hydrogen-bond acceptors (Lipinski definition) is 2. The van der Waals surface area contributed by atoms with Crippen LogP contribution in [0.15, 0.2) is 176 Å². The average molecular weight is 700 g/mol. The van der Waals surface area contributed by atoms with Gasteiger partial charge in [0.25, 0.3) is 0 Å². The molecular formula is C50H29N5. The van der Waals surface area contributed by atoms with E-state index in [-0.39, 0.29) is 0 Å². The summed E-state index contributed by atoms with van der Waals surface area (Å²) in [5.41, 5.74) is 12.7. The Kier molecular flexibility index (Phi) is 6.61. The Bertz CT molecular complexity index is 3400. The molecule has 3 heterocycles. The highest BCUT2D eigenvalue weighted by Crippen LogP contribution is 2.42. The number of nitriles is 2. The largest absolute Gasteiger partial charge is 0.309 e. The van der Waals surface area contributed by atoms with Crippen LogP contribution in [0.1, 0.15) is 11.1 Å². The molecule has 55 heavy (non-hydrogen) atoms. The molecule has 254 valence electrons. The third kappa shape index (κ3) is 4.39. The van der Waals surface area contributed by atoms with Gasteiger partial charge in [-0.25, -0.2) is 0 Å². The maximum atomic E-state index is 10.6. The summed E-state index contributed by atoms with van der Waals surface area (Å²) in [7, 11) is 0. The third-order valence-corrected chi connectivity index (χ3v) is 11.1. The molecule has 0 N–H and O–H groups in total. The summed E-state index contributed by atoms with van der Waals surface area (Å²) < 4.78 is 6.95. The van der Waals surface area contributed by atoms with Crippen LogP contribution in [0.5, 0.6) is 0 Å². The molecule has 3 aromatic heterocycles. The Morgan fingerprint density at radius 3 is 1.53 bits per heavy atom. The van der Waals surface area contributed by atoms with Gasteiger partial charge >= 0.3 is 0 Å². The Morgan fingerprint density at radius 1 is 0.364 bits per heavy atom. The minimum absolute atomic E-state index is 0.611. The van der Waals surface area contributed by atoms with Crippen LogP contribution >= 0.6 is 0 Å². The number of fused-ring (bicyclic) bond motifs is 9. The second-order valence-corrected chi connectivity index (χ2v) is 13.9. The number of rotatable bonds is 4. The molecular weight excluding hydrogens is 671 g/mol. The van der Waals surface area contributed by atoms with Gasteiger partial charge in [0, 0.05) is 43.6 Å². The first-order valence-electron chi connectivity index (χ1n) is 18.3. The van der Waals surface area contributed by atoms with Crippen LogP contribution in [-0.4, -0.2) is 13.7 Å². The molecule has 0 bridgehead atoms. The fourth-order valence-corrected chi connectivity index (χ4v) is 8.85. The molecule has 11 rings (SSSR count). The van der Waals surface area contributed by atoms with Crippen molar-refractivity contribution in [1.29, 1.82) is 10.5 Å². The molecule has 0 aliphatic heterocycles. The number of hydrogen-bond donors (Lipinski definition) is 0. The molecule has 11 aromatic rings. The van der Waals surface area contributed by atoms with Crippen molar-refractivity contribution in [3.05, 3.63) is 187 Å². The average Bonchev–Trinajstić information content (AvgIpc) is 3.89. The van der Waals surface area contributed by atoms with E-state index < -0.39 is 0 Å². The van der Waals surface area contributed by atoms with E-state index in [2.05, 4.69) is 177 Å². The number of para-hydroxylation sites is 4. The highest BCUT2D eigenvalue weighted by atomic mass is 15.0. The summed E-state index contributed by atoms with van der Waals surface area (Å²) in [6.45, 7) is 0. The lowest BCUT2D eigenvalue weighted by Crippen LogP contribution is -2.00. The first-order valence-corrected chi connectivity index (χ1v) is 18.3. The minimum atomic E-state index is 0.611. The van der Waals surface area contributed by atoms with E-state index in [1.54, 1.807) is 0 Å². The van der Waals surface area contributed by atoms with Crippen LogP contribution in [0, 0.1) is 22.7 Å². The normalized spacial score (nSPS) is 11.6. The van der Waals surface area contributed by atoms with Gasteiger partial charge in [0.05, 0.1) is 67.7 Å². The van der Waals surface area contributed by atoms with Gasteiger partial charge in [-0.3, -0.25) is 0 Å². The van der Waals surface area contributed by atoms with Crippen LogP contribution in [0.2, 0.25) is 0 Å². The van der Waals surface area contributed by atoms with Crippen molar-refractivity contribution < 1.29 is 0 Å². The highest BCUT2D eigenvalue weighted by molar-refractivity contribution is 6.17. The standard InChI is InChI=1S/C50H29N5/c51-30-32-23-28-45-40(29-32)38-14-3-7-18-43(38)54(45)47-21-10-22-48-50(47)39-15-4-8-19-44(39)55(48)46-20-9-11-34(31-52)49(46)33-24-26-35(27-25-33)53-41-16-5-1-12-36(41)37-13-2-6-17-42(37)53/h1-29H. The summed E-state index contributed by atoms with van der Waals surface area (Å²) in [6.07, 6.45) is 0. The van der Waals surface area contributed by atoms with Gasteiger partial charge in [-0.2, -0.15) is 10.5 Å². The zero-order valence-electron chi connectivity index (χ0n) is 29.5. The van der Waals surface area contributed by atoms with Gasteiger partial charge in [0.2, 0.25) is 0 Å². The summed E-state index contributed by atoms with van der Waals surface area (Å²) in [6, 6.07) is 65.9. The Morgan fingerprint density at radius 2 is 0.873 bits per heavy atom. The van der Waals surface area contributed by atoms with Crippen LogP contribution in [0.3, 0.4) is 0 Å². The van der Waals surface area contributed by atoms with E-state index in [4.69, 9.17) is 0 Å². The van der Waals surface area contributed by atoms with Crippen LogP contribution < -0.4 is 0 Å². The number of benzene rings is 8. The summed E-state index contributed by atoms with van der Waals surface area (Å²) in [5.74, 6) is 0. The van der Waals surface area contributed by atoms with Gasteiger partial charge < -0.3 is 13.7 Å². The molecule has 5 heteroatoms. The fraction of sp³-hybridized carbons (Fsp3) is 0. The fourth-order valence-electron chi connectivity index (χ4n) is 8.85. The quantitative estimate of drug-likeness (QED) is 0.184. The number of nitrogens with zero attached hydrogens (tertiary/aromatic N) is 5. The molecule has 8 aromatic carbocycles. The maximum absolute atomic E-state index is 10.6. The summed E-state index contributed by atoms with van der Waals surface area (Å²) in [5, 5.41) is 27.2. The van der Waals surface area contributed by atoms with Gasteiger partial charge in [-0.15, -0.1) is 0 Å². The molecule has 0 saturated heterocycles. The van der Waals surface area contributed by atoms with Crippen LogP contribution in [-0.2, 0) is 0 Å². The second kappa shape index (κ2) is 11.8. The van der Waals surface area contributed by atoms with Gasteiger partial charge in [-0.1, -0.05) is 97.1 Å². The Hall–Kier alpha value is -7.86. The maximum Gasteiger partial charge on any atom is 0.0998 e. The molecule has 0 amide bonds. The Labute approximate surface area is 316 Å². The SMILES string of the molecule is N#Cc1ccc2c(c1)c1ccccc1n2-c1cccc2c1c1ccccc1n2-c1cccc(C#N)c1-c1ccc(-n2c3ccccc3c3ccccc32)cc1. The topological polar surface area (TPSA) is 62.4 Å². The van der Waals surface area contributed by atoms with Crippen molar-refractivity contribution in [2.75, 3.05) is 0 Å². The zero-order chi connectivity index (χ0) is 36.6. The third-order valence-electron chi connectivity index (χ3n) is 11.1. The van der Waals surface area contributed by atoms with Crippen molar-refractivity contribution in [3.63, 3.8) is 0 Å². The van der Waals surface area contributed by atoms with Crippen molar-refractivity contribution in [2.24, 2.45) is 0 Å². The molecule has 0 unspecified atom stereocenters. The zero-order valence-corrected chi connectivity index (χ0v) is 29.5. The van der Waals surface area contributed by atoms with E-state index >= 15 is 0 Å². The molecule has 0 aliphatic rings. The van der Waals surface area contributed by atoms with Gasteiger partial charge in [0.1, 0.15) is 0 Å². The molecule has 0 radical (unpaired) electrons. The lowest BCUT2D eigenvalue weighted by molar-refractivity contribution is 1.16. The summed E-state index contributed by atoms with van der Waals surface area (Å²) in [4.78, 5) is 0. The molecule has 0 spiro atoms. The minimum Gasteiger partial charge on any atom is -0.309 e. The highest BCUT2D eigenvalue weighted by Gasteiger charge is 2.22. The van der Waals surface area contributed by atoms with E-state index in [0.29, 0.717) is 11.1 Å². The second-order valence-electron chi connectivity index (χ2n) is 13.9. The van der Waals surface area contributed by atoms with Crippen molar-refractivity contribution in [2.45, 2.75) is 0 Å². The van der Waals surface area contributed by atoms with Gasteiger partial charge in [-0.05, 0) is 84.4 Å². The number of aromatic nitrogens is 3. The van der Waals surface area contributed by atoms with E-state index in [1.165, 1.54) is 10.8 Å². The molecule has 0 saturated carbocycles. The smallest absolute Gasteiger partial charge is 0.0998 e. The lowest BCUT2D eigenvalue weighted by Gasteiger charge is -2.17. The van der Waals surface area contributed by atoms with Gasteiger partial charge in [0.15, 0.2) is 0 Å². The monoisotopic (exact) mass is 699 g/mol.